The molecule has 0 aromatic rings. The Hall–Kier alpha value is 0.200. The van der Waals surface area contributed by atoms with E-state index < -0.39 is 0 Å². The molecule has 0 atom stereocenters. The fraction of sp³-hybridized carbons (Fsp3) is 1.00. The molecule has 0 bridgehead atoms. The van der Waals surface area contributed by atoms with Gasteiger partial charge in [-0.25, -0.2) is 4.31 Å². The topological polar surface area (TPSA) is 6.48 Å². The number of hydrogen-bond acceptors (Lipinski definition) is 3. The van der Waals surface area contributed by atoms with Crippen LogP contribution in [-0.4, -0.2) is 42.4 Å². The van der Waals surface area contributed by atoms with E-state index in [2.05, 4.69) is 4.90 Å². The van der Waals surface area contributed by atoms with Crippen LogP contribution in [0.15, 0.2) is 0 Å². The molecule has 0 radical (unpaired) electrons. The number of halogens is 1. The van der Waals surface area contributed by atoms with E-state index in [4.69, 9.17) is 0 Å². The standard InChI is InChI=1S/C5H11FN2S/c1-7(2)5-3-8(4-5)9-6/h5H,3-4H2,1-2H3. The van der Waals surface area contributed by atoms with Crippen molar-refractivity contribution in [3.63, 3.8) is 0 Å². The van der Waals surface area contributed by atoms with Crippen LogP contribution in [0.4, 0.5) is 3.89 Å². The maximum atomic E-state index is 11.7. The molecule has 1 fully saturated rings. The molecule has 0 saturated carbocycles. The van der Waals surface area contributed by atoms with Gasteiger partial charge in [0.1, 0.15) is 12.3 Å². The molecule has 0 aliphatic carbocycles. The zero-order valence-electron chi connectivity index (χ0n) is 5.67. The van der Waals surface area contributed by atoms with E-state index >= 15 is 0 Å². The molecule has 1 aliphatic heterocycles. The highest BCUT2D eigenvalue weighted by Gasteiger charge is 2.28. The van der Waals surface area contributed by atoms with Gasteiger partial charge >= 0.3 is 0 Å². The molecule has 0 amide bonds. The fourth-order valence-electron chi connectivity index (χ4n) is 0.800. The Balaban J connectivity index is 2.12. The molecule has 0 unspecified atom stereocenters. The molecule has 1 rings (SSSR count). The molecular weight excluding hydrogens is 139 g/mol. The summed E-state index contributed by atoms with van der Waals surface area (Å²) >= 11 is 0.339. The Labute approximate surface area is 59.4 Å². The summed E-state index contributed by atoms with van der Waals surface area (Å²) in [7, 11) is 4.04. The van der Waals surface area contributed by atoms with Crippen molar-refractivity contribution < 1.29 is 3.89 Å². The predicted octanol–water partition coefficient (Wildman–Crippen LogP) is 0.765. The predicted molar refractivity (Wildman–Crippen MR) is 37.7 cm³/mol. The third kappa shape index (κ3) is 1.56. The van der Waals surface area contributed by atoms with Crippen LogP contribution in [0.3, 0.4) is 0 Å². The highest BCUT2D eigenvalue weighted by molar-refractivity contribution is 7.91. The first-order valence-electron chi connectivity index (χ1n) is 2.94. The third-order valence-corrected chi connectivity index (χ3v) is 2.15. The molecule has 0 aromatic carbocycles. The lowest BCUT2D eigenvalue weighted by atomic mass is 10.2. The minimum Gasteiger partial charge on any atom is -0.304 e. The van der Waals surface area contributed by atoms with Gasteiger partial charge in [0.15, 0.2) is 0 Å². The number of hydrogen-bond donors (Lipinski definition) is 0. The van der Waals surface area contributed by atoms with Crippen LogP contribution in [0.1, 0.15) is 0 Å². The van der Waals surface area contributed by atoms with Crippen molar-refractivity contribution >= 4 is 12.3 Å². The van der Waals surface area contributed by atoms with Crippen LogP contribution >= 0.6 is 12.3 Å². The van der Waals surface area contributed by atoms with Gasteiger partial charge in [0.25, 0.3) is 0 Å². The zero-order chi connectivity index (χ0) is 6.85. The van der Waals surface area contributed by atoms with Crippen LogP contribution in [0.25, 0.3) is 0 Å². The van der Waals surface area contributed by atoms with Gasteiger partial charge in [0.2, 0.25) is 0 Å². The van der Waals surface area contributed by atoms with Crippen molar-refractivity contribution in [1.82, 2.24) is 9.21 Å². The third-order valence-electron chi connectivity index (χ3n) is 1.66. The summed E-state index contributed by atoms with van der Waals surface area (Å²) in [5.74, 6) is 0. The van der Waals surface area contributed by atoms with Gasteiger partial charge in [0, 0.05) is 19.1 Å². The largest absolute Gasteiger partial charge is 0.304 e. The number of rotatable bonds is 2. The fourth-order valence-corrected chi connectivity index (χ4v) is 1.26. The minimum absolute atomic E-state index is 0.339. The van der Waals surface area contributed by atoms with Gasteiger partial charge in [-0.3, -0.25) is 0 Å². The molecule has 0 spiro atoms. The zero-order valence-corrected chi connectivity index (χ0v) is 6.49. The van der Waals surface area contributed by atoms with Crippen molar-refractivity contribution in [2.24, 2.45) is 0 Å². The maximum absolute atomic E-state index is 11.7. The van der Waals surface area contributed by atoms with E-state index in [1.165, 1.54) is 0 Å². The lowest BCUT2D eigenvalue weighted by Crippen LogP contribution is -2.53. The van der Waals surface area contributed by atoms with Gasteiger partial charge in [-0.2, -0.15) is 0 Å². The van der Waals surface area contributed by atoms with Crippen LogP contribution in [0.5, 0.6) is 0 Å². The molecule has 4 heteroatoms. The van der Waals surface area contributed by atoms with Crippen molar-refractivity contribution in [2.75, 3.05) is 27.2 Å². The van der Waals surface area contributed by atoms with Crippen LogP contribution in [0.2, 0.25) is 0 Å². The summed E-state index contributed by atoms with van der Waals surface area (Å²) in [6, 6.07) is 0.563. The van der Waals surface area contributed by atoms with Crippen LogP contribution in [0, 0.1) is 0 Å². The Morgan fingerprint density at radius 3 is 2.44 bits per heavy atom. The smallest absolute Gasteiger partial charge is 0.134 e. The van der Waals surface area contributed by atoms with Crippen molar-refractivity contribution in [2.45, 2.75) is 6.04 Å². The van der Waals surface area contributed by atoms with Crippen molar-refractivity contribution in [3.05, 3.63) is 0 Å². The summed E-state index contributed by atoms with van der Waals surface area (Å²) in [4.78, 5) is 2.12. The Morgan fingerprint density at radius 1 is 1.56 bits per heavy atom. The highest BCUT2D eigenvalue weighted by Crippen LogP contribution is 2.21. The number of nitrogens with zero attached hydrogens (tertiary/aromatic N) is 2. The quantitative estimate of drug-likeness (QED) is 0.537. The molecular formula is C5H11FN2S. The summed E-state index contributed by atoms with van der Waals surface area (Å²) in [6.45, 7) is 1.71. The molecule has 1 heterocycles. The molecule has 1 aliphatic rings. The highest BCUT2D eigenvalue weighted by atomic mass is 32.2. The first-order chi connectivity index (χ1) is 4.24. The van der Waals surface area contributed by atoms with Crippen molar-refractivity contribution in [1.29, 1.82) is 0 Å². The van der Waals surface area contributed by atoms with Crippen LogP contribution < -0.4 is 0 Å². The van der Waals surface area contributed by atoms with Gasteiger partial charge in [-0.15, -0.1) is 3.89 Å². The van der Waals surface area contributed by atoms with Crippen molar-refractivity contribution in [3.8, 4) is 0 Å². The summed E-state index contributed by atoms with van der Waals surface area (Å²) < 4.78 is 13.4. The van der Waals surface area contributed by atoms with Gasteiger partial charge in [-0.1, -0.05) is 0 Å². The second kappa shape index (κ2) is 2.86. The van der Waals surface area contributed by atoms with Gasteiger partial charge in [0.05, 0.1) is 0 Å². The van der Waals surface area contributed by atoms with Gasteiger partial charge in [-0.05, 0) is 14.1 Å². The molecule has 9 heavy (non-hydrogen) atoms. The molecule has 2 nitrogen and oxygen atoms in total. The average molecular weight is 150 g/mol. The van der Waals surface area contributed by atoms with Gasteiger partial charge < -0.3 is 4.90 Å². The van der Waals surface area contributed by atoms with E-state index in [1.807, 2.05) is 14.1 Å². The van der Waals surface area contributed by atoms with E-state index in [9.17, 15) is 3.89 Å². The minimum atomic E-state index is 0.339. The van der Waals surface area contributed by atoms with Crippen LogP contribution in [-0.2, 0) is 0 Å². The molecule has 0 N–H and O–H groups in total. The van der Waals surface area contributed by atoms with E-state index in [1.54, 1.807) is 4.31 Å². The molecule has 1 saturated heterocycles. The molecule has 0 aromatic heterocycles. The maximum Gasteiger partial charge on any atom is 0.134 e. The first-order valence-corrected chi connectivity index (χ1v) is 3.61. The van der Waals surface area contributed by atoms with E-state index in [0.29, 0.717) is 18.4 Å². The Morgan fingerprint density at radius 2 is 2.11 bits per heavy atom. The Bertz CT molecular complexity index is 93.0. The summed E-state index contributed by atoms with van der Waals surface area (Å²) in [5.41, 5.74) is 0. The van der Waals surface area contributed by atoms with E-state index in [0.717, 1.165) is 13.1 Å². The second-order valence-corrected chi connectivity index (χ2v) is 3.19. The Kier molecular flexibility index (Phi) is 2.32. The van der Waals surface area contributed by atoms with E-state index in [-0.39, 0.29) is 0 Å². The first kappa shape index (κ1) is 7.31. The summed E-state index contributed by atoms with van der Waals surface area (Å²) in [6.07, 6.45) is 0. The monoisotopic (exact) mass is 150 g/mol. The lowest BCUT2D eigenvalue weighted by Gasteiger charge is -2.39. The summed E-state index contributed by atoms with van der Waals surface area (Å²) in [5, 5.41) is 0. The lowest BCUT2D eigenvalue weighted by molar-refractivity contribution is 0.141. The molecule has 54 valence electrons. The SMILES string of the molecule is CN(C)C1CN(SF)C1. The average Bonchev–Trinajstić information content (AvgIpc) is 1.61. The second-order valence-electron chi connectivity index (χ2n) is 2.53. The number of likely N-dealkylation sites (N-methyl/N-ethyl adjacent to an activating group) is 1. The normalized spacial score (nSPS) is 22.7.